The number of allylic oxidation sites excluding steroid dienone is 3. The van der Waals surface area contributed by atoms with Gasteiger partial charge in [0.05, 0.1) is 14.7 Å². The van der Waals surface area contributed by atoms with Crippen molar-refractivity contribution in [3.63, 3.8) is 0 Å². The first kappa shape index (κ1) is 15.9. The summed E-state index contributed by atoms with van der Waals surface area (Å²) in [5.74, 6) is 0. The van der Waals surface area contributed by atoms with Crippen molar-refractivity contribution in [2.24, 2.45) is 10.6 Å². The lowest BCUT2D eigenvalue weighted by atomic mass is 9.86. The van der Waals surface area contributed by atoms with Crippen LogP contribution >= 0.6 is 0 Å². The zero-order valence-corrected chi connectivity index (χ0v) is 13.4. The molecule has 2 rings (SSSR count). The maximum Gasteiger partial charge on any atom is 0.239 e. The maximum absolute atomic E-state index is 12.7. The molecule has 0 saturated heterocycles. The van der Waals surface area contributed by atoms with Gasteiger partial charge in [0, 0.05) is 0 Å². The van der Waals surface area contributed by atoms with Gasteiger partial charge >= 0.3 is 0 Å². The molecule has 0 unspecified atom stereocenters. The molecule has 0 fully saturated rings. The minimum atomic E-state index is -4.10. The number of benzene rings is 1. The van der Waals surface area contributed by atoms with E-state index in [1.165, 1.54) is 18.2 Å². The molecule has 0 saturated carbocycles. The zero-order chi connectivity index (χ0) is 15.9. The minimum Gasteiger partial charge on any atom is -0.225 e. The largest absolute Gasteiger partial charge is 0.239 e. The molecule has 1 aliphatic rings. The molecule has 7 heteroatoms. The van der Waals surface area contributed by atoms with Crippen molar-refractivity contribution < 1.29 is 16.8 Å². The fourth-order valence-corrected chi connectivity index (χ4v) is 5.20. The van der Waals surface area contributed by atoms with E-state index in [9.17, 15) is 16.8 Å². The van der Waals surface area contributed by atoms with Crippen molar-refractivity contribution in [3.05, 3.63) is 52.3 Å². The highest BCUT2D eigenvalue weighted by Gasteiger charge is 2.35. The summed E-state index contributed by atoms with van der Waals surface area (Å²) in [7, 11) is -8.00. The molecule has 0 aliphatic heterocycles. The average molecular weight is 327 g/mol. The Labute approximate surface area is 125 Å². The summed E-state index contributed by atoms with van der Waals surface area (Å²) >= 11 is 0. The van der Waals surface area contributed by atoms with Gasteiger partial charge in [0.15, 0.2) is 0 Å². The third-order valence-corrected chi connectivity index (χ3v) is 6.29. The van der Waals surface area contributed by atoms with Crippen LogP contribution in [0.5, 0.6) is 0 Å². The molecule has 0 amide bonds. The van der Waals surface area contributed by atoms with Gasteiger partial charge in [-0.2, -0.15) is 0 Å². The van der Waals surface area contributed by atoms with Gasteiger partial charge in [-0.25, -0.2) is 22.0 Å². The molecular weight excluding hydrogens is 310 g/mol. The molecule has 0 atom stereocenters. The van der Waals surface area contributed by atoms with Crippen LogP contribution in [0.4, 0.5) is 0 Å². The third-order valence-electron chi connectivity index (χ3n) is 3.26. The molecule has 0 aromatic heterocycles. The van der Waals surface area contributed by atoms with Crippen LogP contribution in [0.15, 0.2) is 57.2 Å². The van der Waals surface area contributed by atoms with Crippen LogP contribution in [0.25, 0.3) is 0 Å². The number of hydrogen-bond donors (Lipinski definition) is 1. The molecule has 5 nitrogen and oxygen atoms in total. The molecule has 0 bridgehead atoms. The van der Waals surface area contributed by atoms with Crippen molar-refractivity contribution in [3.8, 4) is 0 Å². The highest BCUT2D eigenvalue weighted by molar-refractivity contribution is 7.98. The predicted octanol–water partition coefficient (Wildman–Crippen LogP) is 1.95. The molecule has 1 aliphatic carbocycles. The quantitative estimate of drug-likeness (QED) is 0.918. The minimum absolute atomic E-state index is 0.0623. The Morgan fingerprint density at radius 2 is 1.62 bits per heavy atom. The van der Waals surface area contributed by atoms with Gasteiger partial charge in [-0.3, -0.25) is 0 Å². The SMILES string of the molecule is CC1(C)C=CC(S(N)(=O)=O)=C(S(=O)(=O)c2ccccc2)C1. The summed E-state index contributed by atoms with van der Waals surface area (Å²) in [5.41, 5.74) is -0.453. The molecule has 1 aromatic carbocycles. The van der Waals surface area contributed by atoms with Gasteiger partial charge in [-0.1, -0.05) is 38.1 Å². The molecule has 0 heterocycles. The highest BCUT2D eigenvalue weighted by atomic mass is 32.2. The topological polar surface area (TPSA) is 94.3 Å². The Balaban J connectivity index is 2.73. The third kappa shape index (κ3) is 3.25. The summed E-state index contributed by atoms with van der Waals surface area (Å²) in [6.07, 6.45) is 3.04. The first-order valence-electron chi connectivity index (χ1n) is 6.29. The van der Waals surface area contributed by atoms with Crippen LogP contribution in [0.1, 0.15) is 20.3 Å². The summed E-state index contributed by atoms with van der Waals surface area (Å²) in [6, 6.07) is 7.75. The lowest BCUT2D eigenvalue weighted by molar-refractivity contribution is 0.473. The van der Waals surface area contributed by atoms with Gasteiger partial charge in [0.1, 0.15) is 0 Å². The zero-order valence-electron chi connectivity index (χ0n) is 11.8. The normalized spacial score (nSPS) is 18.8. The first-order chi connectivity index (χ1) is 9.54. The van der Waals surface area contributed by atoms with Crippen molar-refractivity contribution in [1.82, 2.24) is 0 Å². The van der Waals surface area contributed by atoms with Crippen molar-refractivity contribution in [2.75, 3.05) is 0 Å². The second-order valence-electron chi connectivity index (χ2n) is 5.65. The number of sulfonamides is 1. The smallest absolute Gasteiger partial charge is 0.225 e. The lowest BCUT2D eigenvalue weighted by Crippen LogP contribution is -2.25. The Bertz CT molecular complexity index is 817. The Morgan fingerprint density at radius 1 is 1.05 bits per heavy atom. The van der Waals surface area contributed by atoms with Crippen LogP contribution in [-0.2, 0) is 19.9 Å². The molecule has 1 aromatic rings. The number of sulfone groups is 1. The number of nitrogens with two attached hydrogens (primary N) is 1. The van der Waals surface area contributed by atoms with Gasteiger partial charge < -0.3 is 0 Å². The second-order valence-corrected chi connectivity index (χ2v) is 9.15. The Morgan fingerprint density at radius 3 is 2.14 bits per heavy atom. The van der Waals surface area contributed by atoms with Gasteiger partial charge in [-0.05, 0) is 30.0 Å². The number of hydrogen-bond acceptors (Lipinski definition) is 4. The molecule has 0 radical (unpaired) electrons. The van der Waals surface area contributed by atoms with E-state index in [1.807, 2.05) is 13.8 Å². The second kappa shape index (κ2) is 5.08. The van der Waals surface area contributed by atoms with Crippen LogP contribution in [0, 0.1) is 5.41 Å². The fourth-order valence-electron chi connectivity index (χ4n) is 2.18. The lowest BCUT2D eigenvalue weighted by Gasteiger charge is -2.27. The van der Waals surface area contributed by atoms with E-state index < -0.39 is 25.3 Å². The van der Waals surface area contributed by atoms with Gasteiger partial charge in [0.2, 0.25) is 19.9 Å². The Kier molecular flexibility index (Phi) is 3.86. The van der Waals surface area contributed by atoms with E-state index >= 15 is 0 Å². The monoisotopic (exact) mass is 327 g/mol. The fraction of sp³-hybridized carbons (Fsp3) is 0.286. The van der Waals surface area contributed by atoms with E-state index in [4.69, 9.17) is 5.14 Å². The molecule has 21 heavy (non-hydrogen) atoms. The highest BCUT2D eigenvalue weighted by Crippen LogP contribution is 2.39. The van der Waals surface area contributed by atoms with Crippen LogP contribution in [0.2, 0.25) is 0 Å². The van der Waals surface area contributed by atoms with Gasteiger partial charge in [-0.15, -0.1) is 0 Å². The predicted molar refractivity (Wildman–Crippen MR) is 81.3 cm³/mol. The number of rotatable bonds is 3. The molecule has 114 valence electrons. The van der Waals surface area contributed by atoms with E-state index in [1.54, 1.807) is 24.3 Å². The molecule has 0 spiro atoms. The van der Waals surface area contributed by atoms with Crippen LogP contribution in [-0.4, -0.2) is 16.8 Å². The van der Waals surface area contributed by atoms with Crippen molar-refractivity contribution >= 4 is 19.9 Å². The standard InChI is InChI=1S/C14H17NO4S2/c1-14(2)9-8-12(21(15,18)19)13(10-14)20(16,17)11-6-4-3-5-7-11/h3-9H,10H2,1-2H3,(H2,15,18,19). The average Bonchev–Trinajstić information content (AvgIpc) is 2.37. The summed E-state index contributed by atoms with van der Waals surface area (Å²) in [4.78, 5) is -0.415. The van der Waals surface area contributed by atoms with Gasteiger partial charge in [0.25, 0.3) is 0 Å². The molecule has 2 N–H and O–H groups in total. The first-order valence-corrected chi connectivity index (χ1v) is 9.32. The summed E-state index contributed by atoms with van der Waals surface area (Å²) in [5, 5.41) is 5.16. The van der Waals surface area contributed by atoms with E-state index in [-0.39, 0.29) is 21.1 Å². The van der Waals surface area contributed by atoms with E-state index in [0.717, 1.165) is 0 Å². The van der Waals surface area contributed by atoms with Crippen molar-refractivity contribution in [1.29, 1.82) is 0 Å². The van der Waals surface area contributed by atoms with E-state index in [2.05, 4.69) is 0 Å². The number of primary sulfonamides is 1. The Hall–Kier alpha value is -1.44. The molecular formula is C14H17NO4S2. The van der Waals surface area contributed by atoms with Crippen molar-refractivity contribution in [2.45, 2.75) is 25.2 Å². The maximum atomic E-state index is 12.7. The van der Waals surface area contributed by atoms with Crippen LogP contribution < -0.4 is 5.14 Å². The van der Waals surface area contributed by atoms with Crippen LogP contribution in [0.3, 0.4) is 0 Å². The van der Waals surface area contributed by atoms with E-state index in [0.29, 0.717) is 0 Å². The summed E-state index contributed by atoms with van der Waals surface area (Å²) < 4.78 is 48.8. The summed E-state index contributed by atoms with van der Waals surface area (Å²) in [6.45, 7) is 3.67.